The second kappa shape index (κ2) is 7.97. The zero-order valence-corrected chi connectivity index (χ0v) is 16.8. The number of aromatic nitrogens is 2. The zero-order chi connectivity index (χ0) is 19.5. The molecule has 5 nitrogen and oxygen atoms in total. The van der Waals surface area contributed by atoms with Crippen molar-refractivity contribution in [2.45, 2.75) is 32.6 Å². The Morgan fingerprint density at radius 3 is 2.57 bits per heavy atom. The van der Waals surface area contributed by atoms with Crippen LogP contribution in [0, 0.1) is 0 Å². The predicted molar refractivity (Wildman–Crippen MR) is 113 cm³/mol. The first-order valence-corrected chi connectivity index (χ1v) is 9.92. The fraction of sp³-hybridized carbons (Fsp3) is 0.348. The van der Waals surface area contributed by atoms with Crippen molar-refractivity contribution in [3.8, 4) is 28.4 Å². The summed E-state index contributed by atoms with van der Waals surface area (Å²) < 4.78 is 13.1. The molecule has 2 heterocycles. The van der Waals surface area contributed by atoms with Crippen LogP contribution in [0.25, 0.3) is 16.9 Å². The molecule has 0 bridgehead atoms. The molecule has 1 aliphatic rings. The van der Waals surface area contributed by atoms with E-state index in [2.05, 4.69) is 36.5 Å². The van der Waals surface area contributed by atoms with Gasteiger partial charge in [-0.3, -0.25) is 0 Å². The second-order valence-electron chi connectivity index (χ2n) is 7.06. The van der Waals surface area contributed by atoms with E-state index in [9.17, 15) is 0 Å². The van der Waals surface area contributed by atoms with Gasteiger partial charge in [0.2, 0.25) is 0 Å². The molecule has 0 radical (unpaired) electrons. The molecule has 0 unspecified atom stereocenters. The van der Waals surface area contributed by atoms with Gasteiger partial charge in [-0.05, 0) is 55.5 Å². The van der Waals surface area contributed by atoms with Gasteiger partial charge in [-0.2, -0.15) is 5.10 Å². The lowest BCUT2D eigenvalue weighted by Gasteiger charge is -2.10. The van der Waals surface area contributed by atoms with E-state index in [0.717, 1.165) is 66.5 Å². The molecule has 0 atom stereocenters. The van der Waals surface area contributed by atoms with Gasteiger partial charge in [-0.15, -0.1) is 0 Å². The largest absolute Gasteiger partial charge is 0.497 e. The number of aryl methyl sites for hydroxylation is 1. The van der Waals surface area contributed by atoms with Crippen LogP contribution in [0.3, 0.4) is 0 Å². The van der Waals surface area contributed by atoms with Crippen molar-refractivity contribution in [3.05, 3.63) is 53.6 Å². The van der Waals surface area contributed by atoms with Crippen LogP contribution in [-0.4, -0.2) is 30.5 Å². The van der Waals surface area contributed by atoms with Crippen molar-refractivity contribution >= 4 is 5.82 Å². The van der Waals surface area contributed by atoms with Gasteiger partial charge < -0.3 is 14.8 Å². The molecule has 3 aromatic rings. The second-order valence-corrected chi connectivity index (χ2v) is 7.06. The van der Waals surface area contributed by atoms with Crippen LogP contribution in [-0.2, 0) is 12.8 Å². The molecule has 28 heavy (non-hydrogen) atoms. The average Bonchev–Trinajstić information content (AvgIpc) is 2.93. The number of rotatable bonds is 5. The van der Waals surface area contributed by atoms with Crippen molar-refractivity contribution in [1.29, 1.82) is 0 Å². The SMILES string of the molecule is CCc1ccc(-n2nc(-c3ccc(OC)cc3OC)c3c2NCCCC3)cc1. The van der Waals surface area contributed by atoms with E-state index in [1.54, 1.807) is 14.2 Å². The summed E-state index contributed by atoms with van der Waals surface area (Å²) in [5.41, 5.74) is 5.62. The number of methoxy groups -OCH3 is 2. The van der Waals surface area contributed by atoms with Gasteiger partial charge in [-0.25, -0.2) is 4.68 Å². The first-order chi connectivity index (χ1) is 13.7. The minimum absolute atomic E-state index is 0.775. The first kappa shape index (κ1) is 18.4. The summed E-state index contributed by atoms with van der Waals surface area (Å²) in [4.78, 5) is 0. The molecule has 4 rings (SSSR count). The van der Waals surface area contributed by atoms with E-state index >= 15 is 0 Å². The number of ether oxygens (including phenoxy) is 2. The van der Waals surface area contributed by atoms with Gasteiger partial charge in [0.15, 0.2) is 0 Å². The molecule has 0 aliphatic carbocycles. The normalized spacial score (nSPS) is 13.4. The highest BCUT2D eigenvalue weighted by Gasteiger charge is 2.23. The average molecular weight is 377 g/mol. The summed E-state index contributed by atoms with van der Waals surface area (Å²) in [5.74, 6) is 2.64. The highest BCUT2D eigenvalue weighted by atomic mass is 16.5. The van der Waals surface area contributed by atoms with Gasteiger partial charge >= 0.3 is 0 Å². The smallest absolute Gasteiger partial charge is 0.133 e. The Kier molecular flexibility index (Phi) is 5.24. The number of nitrogens with zero attached hydrogens (tertiary/aromatic N) is 2. The molecule has 1 N–H and O–H groups in total. The number of hydrogen-bond donors (Lipinski definition) is 1. The van der Waals surface area contributed by atoms with Gasteiger partial charge in [-0.1, -0.05) is 19.1 Å². The van der Waals surface area contributed by atoms with Crippen LogP contribution < -0.4 is 14.8 Å². The molecule has 1 aliphatic heterocycles. The monoisotopic (exact) mass is 377 g/mol. The van der Waals surface area contributed by atoms with Crippen molar-refractivity contribution in [2.24, 2.45) is 0 Å². The third-order valence-corrected chi connectivity index (χ3v) is 5.38. The number of hydrogen-bond acceptors (Lipinski definition) is 4. The minimum Gasteiger partial charge on any atom is -0.497 e. The molecule has 1 aromatic heterocycles. The highest BCUT2D eigenvalue weighted by Crippen LogP contribution is 2.39. The van der Waals surface area contributed by atoms with Crippen LogP contribution >= 0.6 is 0 Å². The van der Waals surface area contributed by atoms with E-state index in [4.69, 9.17) is 14.6 Å². The Hall–Kier alpha value is -2.95. The van der Waals surface area contributed by atoms with Crippen LogP contribution in [0.5, 0.6) is 11.5 Å². The third kappa shape index (κ3) is 3.33. The third-order valence-electron chi connectivity index (χ3n) is 5.38. The predicted octanol–water partition coefficient (Wildman–Crippen LogP) is 4.87. The molecule has 2 aromatic carbocycles. The van der Waals surface area contributed by atoms with E-state index in [0.29, 0.717) is 0 Å². The summed E-state index contributed by atoms with van der Waals surface area (Å²) in [7, 11) is 3.36. The fourth-order valence-corrected chi connectivity index (χ4v) is 3.77. The van der Waals surface area contributed by atoms with E-state index in [1.807, 2.05) is 22.9 Å². The zero-order valence-electron chi connectivity index (χ0n) is 16.8. The van der Waals surface area contributed by atoms with Crippen LogP contribution in [0.4, 0.5) is 5.82 Å². The molecular weight excluding hydrogens is 350 g/mol. The Labute approximate surface area is 166 Å². The first-order valence-electron chi connectivity index (χ1n) is 9.92. The van der Waals surface area contributed by atoms with E-state index in [1.165, 1.54) is 11.1 Å². The summed E-state index contributed by atoms with van der Waals surface area (Å²) in [5, 5.41) is 8.63. The number of nitrogens with one attached hydrogen (secondary N) is 1. The van der Waals surface area contributed by atoms with Crippen molar-refractivity contribution in [2.75, 3.05) is 26.1 Å². The minimum atomic E-state index is 0.775. The van der Waals surface area contributed by atoms with Crippen molar-refractivity contribution in [1.82, 2.24) is 9.78 Å². The Bertz CT molecular complexity index is 961. The Balaban J connectivity index is 1.87. The lowest BCUT2D eigenvalue weighted by Crippen LogP contribution is -2.07. The standard InChI is InChI=1S/C23H27N3O2/c1-4-16-8-10-17(11-9-16)26-23-20(7-5-6-14-24-23)22(25-26)19-13-12-18(27-2)15-21(19)28-3/h8-13,15,24H,4-7,14H2,1-3H3. The fourth-order valence-electron chi connectivity index (χ4n) is 3.77. The maximum atomic E-state index is 5.66. The number of benzene rings is 2. The maximum Gasteiger partial charge on any atom is 0.133 e. The van der Waals surface area contributed by atoms with Crippen molar-refractivity contribution < 1.29 is 9.47 Å². The summed E-state index contributed by atoms with van der Waals surface area (Å²) in [6.45, 7) is 3.13. The molecule has 5 heteroatoms. The van der Waals surface area contributed by atoms with Gasteiger partial charge in [0.1, 0.15) is 23.0 Å². The molecule has 0 saturated carbocycles. The summed E-state index contributed by atoms with van der Waals surface area (Å²) in [6, 6.07) is 14.6. The molecule has 0 fully saturated rings. The van der Waals surface area contributed by atoms with Crippen molar-refractivity contribution in [3.63, 3.8) is 0 Å². The molecular formula is C23H27N3O2. The van der Waals surface area contributed by atoms with E-state index < -0.39 is 0 Å². The Morgan fingerprint density at radius 2 is 1.86 bits per heavy atom. The van der Waals surface area contributed by atoms with Gasteiger partial charge in [0.05, 0.1) is 19.9 Å². The number of anilines is 1. The van der Waals surface area contributed by atoms with Gasteiger partial charge in [0.25, 0.3) is 0 Å². The van der Waals surface area contributed by atoms with Crippen LogP contribution in [0.2, 0.25) is 0 Å². The summed E-state index contributed by atoms with van der Waals surface area (Å²) >= 11 is 0. The van der Waals surface area contributed by atoms with Crippen LogP contribution in [0.15, 0.2) is 42.5 Å². The lowest BCUT2D eigenvalue weighted by molar-refractivity contribution is 0.395. The number of fused-ring (bicyclic) bond motifs is 1. The molecule has 0 saturated heterocycles. The molecule has 146 valence electrons. The van der Waals surface area contributed by atoms with E-state index in [-0.39, 0.29) is 0 Å². The summed E-state index contributed by atoms with van der Waals surface area (Å²) in [6.07, 6.45) is 4.33. The quantitative estimate of drug-likeness (QED) is 0.689. The molecule has 0 amide bonds. The van der Waals surface area contributed by atoms with Gasteiger partial charge in [0, 0.05) is 23.7 Å². The lowest BCUT2D eigenvalue weighted by atomic mass is 10.0. The highest BCUT2D eigenvalue weighted by molar-refractivity contribution is 5.76. The Morgan fingerprint density at radius 1 is 1.04 bits per heavy atom. The maximum absolute atomic E-state index is 5.66. The van der Waals surface area contributed by atoms with Crippen LogP contribution in [0.1, 0.15) is 30.9 Å². The molecule has 0 spiro atoms. The topological polar surface area (TPSA) is 48.3 Å².